The van der Waals surface area contributed by atoms with E-state index in [1.54, 1.807) is 13.4 Å². The van der Waals surface area contributed by atoms with Gasteiger partial charge in [0.15, 0.2) is 0 Å². The number of fused-ring (bicyclic) bond motifs is 2. The van der Waals surface area contributed by atoms with E-state index in [1.807, 2.05) is 16.0 Å². The summed E-state index contributed by atoms with van der Waals surface area (Å²) < 4.78 is 7.22. The molecule has 1 fully saturated rings. The van der Waals surface area contributed by atoms with Crippen molar-refractivity contribution in [1.82, 2.24) is 19.7 Å². The van der Waals surface area contributed by atoms with Crippen LogP contribution in [0.2, 0.25) is 0 Å². The summed E-state index contributed by atoms with van der Waals surface area (Å²) in [5, 5.41) is 6.63. The average Bonchev–Trinajstić information content (AvgIpc) is 3.40. The zero-order chi connectivity index (χ0) is 19.6. The monoisotopic (exact) mass is 406 g/mol. The van der Waals surface area contributed by atoms with Gasteiger partial charge in [0.25, 0.3) is 0 Å². The molecule has 4 heterocycles. The topological polar surface area (TPSA) is 43.2 Å². The van der Waals surface area contributed by atoms with E-state index < -0.39 is 0 Å². The van der Waals surface area contributed by atoms with E-state index in [0.29, 0.717) is 11.8 Å². The summed E-state index contributed by atoms with van der Waals surface area (Å²) in [7, 11) is 1.71. The number of rotatable bonds is 5. The second-order valence-corrected chi connectivity index (χ2v) is 8.82. The molecule has 2 aliphatic rings. The van der Waals surface area contributed by atoms with Gasteiger partial charge in [-0.15, -0.1) is 11.3 Å². The van der Waals surface area contributed by atoms with Crippen LogP contribution < -0.4 is 4.74 Å². The van der Waals surface area contributed by atoms with Gasteiger partial charge in [-0.2, -0.15) is 5.10 Å². The Kier molecular flexibility index (Phi) is 5.21. The van der Waals surface area contributed by atoms with Crippen molar-refractivity contribution in [1.29, 1.82) is 0 Å². The van der Waals surface area contributed by atoms with Crippen molar-refractivity contribution in [2.75, 3.05) is 26.7 Å². The fourth-order valence-electron chi connectivity index (χ4n) is 4.60. The number of hydrogen-bond donors (Lipinski definition) is 0. The van der Waals surface area contributed by atoms with Crippen molar-refractivity contribution >= 4 is 23.6 Å². The summed E-state index contributed by atoms with van der Waals surface area (Å²) in [4.78, 5) is 8.70. The Morgan fingerprint density at radius 3 is 2.76 bits per heavy atom. The van der Waals surface area contributed by atoms with Crippen molar-refractivity contribution in [2.45, 2.75) is 25.2 Å². The van der Waals surface area contributed by atoms with E-state index >= 15 is 0 Å². The Morgan fingerprint density at radius 2 is 1.97 bits per heavy atom. The minimum Gasteiger partial charge on any atom is -0.497 e. The molecule has 1 atom stereocenters. The number of benzene rings is 1. The SMILES string of the molecule is COc1ccc(CCN2CCC(C3c4sccc4C=Cn4ncnc43)CC2)cc1. The van der Waals surface area contributed by atoms with Gasteiger partial charge >= 0.3 is 0 Å². The van der Waals surface area contributed by atoms with E-state index in [0.717, 1.165) is 37.6 Å². The number of methoxy groups -OCH3 is 1. The summed E-state index contributed by atoms with van der Waals surface area (Å²) in [6, 6.07) is 10.7. The summed E-state index contributed by atoms with van der Waals surface area (Å²) >= 11 is 1.86. The molecule has 0 bridgehead atoms. The first-order valence-corrected chi connectivity index (χ1v) is 11.2. The molecule has 0 radical (unpaired) electrons. The molecule has 0 spiro atoms. The van der Waals surface area contributed by atoms with E-state index in [-0.39, 0.29) is 0 Å². The standard InChI is InChI=1S/C23H26N4OS/c1-28-20-4-2-17(3-5-20)6-11-26-12-7-18(8-13-26)21-22-19(10-15-29-22)9-14-27-23(21)24-16-25-27/h2-5,9-10,14-16,18,21H,6-8,11-13H2,1H3. The Hall–Kier alpha value is -2.44. The van der Waals surface area contributed by atoms with Crippen molar-refractivity contribution in [2.24, 2.45) is 5.92 Å². The quantitative estimate of drug-likeness (QED) is 0.631. The maximum absolute atomic E-state index is 5.25. The van der Waals surface area contributed by atoms with Gasteiger partial charge in [0.2, 0.25) is 0 Å². The first-order valence-electron chi connectivity index (χ1n) is 10.3. The van der Waals surface area contributed by atoms with Crippen LogP contribution in [0.1, 0.15) is 40.6 Å². The van der Waals surface area contributed by atoms with Gasteiger partial charge in [-0.1, -0.05) is 12.1 Å². The minimum absolute atomic E-state index is 0.353. The van der Waals surface area contributed by atoms with Crippen molar-refractivity contribution in [3.05, 3.63) is 63.9 Å². The minimum atomic E-state index is 0.353. The summed E-state index contributed by atoms with van der Waals surface area (Å²) in [6.07, 6.45) is 9.42. The van der Waals surface area contributed by atoms with Gasteiger partial charge in [-0.25, -0.2) is 9.67 Å². The number of nitrogens with zero attached hydrogens (tertiary/aromatic N) is 4. The van der Waals surface area contributed by atoms with Gasteiger partial charge in [0, 0.05) is 17.6 Å². The molecule has 0 amide bonds. The molecule has 150 valence electrons. The summed E-state index contributed by atoms with van der Waals surface area (Å²) in [5.74, 6) is 2.99. The largest absolute Gasteiger partial charge is 0.497 e. The molecule has 6 heteroatoms. The number of piperidine rings is 1. The molecule has 5 rings (SSSR count). The number of hydrogen-bond acceptors (Lipinski definition) is 5. The predicted molar refractivity (Wildman–Crippen MR) is 117 cm³/mol. The highest BCUT2D eigenvalue weighted by atomic mass is 32.1. The second kappa shape index (κ2) is 8.13. The highest BCUT2D eigenvalue weighted by Crippen LogP contribution is 2.42. The lowest BCUT2D eigenvalue weighted by Crippen LogP contribution is -2.37. The van der Waals surface area contributed by atoms with Crippen molar-refractivity contribution < 1.29 is 4.74 Å². The smallest absolute Gasteiger partial charge is 0.140 e. The van der Waals surface area contributed by atoms with Crippen LogP contribution in [0.5, 0.6) is 5.75 Å². The molecule has 1 aromatic carbocycles. The normalized spacial score (nSPS) is 19.6. The van der Waals surface area contributed by atoms with Crippen LogP contribution in [-0.2, 0) is 6.42 Å². The maximum atomic E-state index is 5.25. The Bertz CT molecular complexity index is 938. The average molecular weight is 407 g/mol. The third-order valence-electron chi connectivity index (χ3n) is 6.26. The van der Waals surface area contributed by atoms with Crippen LogP contribution in [0.25, 0.3) is 12.3 Å². The third kappa shape index (κ3) is 3.74. The molecule has 1 unspecified atom stereocenters. The number of thiophene rings is 1. The Balaban J connectivity index is 1.24. The van der Waals surface area contributed by atoms with Gasteiger partial charge < -0.3 is 9.64 Å². The van der Waals surface area contributed by atoms with Crippen LogP contribution in [0.4, 0.5) is 0 Å². The Labute approximate surface area is 175 Å². The molecule has 5 nitrogen and oxygen atoms in total. The Morgan fingerprint density at radius 1 is 1.14 bits per heavy atom. The lowest BCUT2D eigenvalue weighted by molar-refractivity contribution is 0.175. The fourth-order valence-corrected chi connectivity index (χ4v) is 5.68. The van der Waals surface area contributed by atoms with Crippen LogP contribution in [0, 0.1) is 5.92 Å². The van der Waals surface area contributed by atoms with Gasteiger partial charge in [0.05, 0.1) is 13.0 Å². The molecular weight excluding hydrogens is 380 g/mol. The second-order valence-electron chi connectivity index (χ2n) is 7.87. The number of ether oxygens (including phenoxy) is 1. The van der Waals surface area contributed by atoms with Crippen LogP contribution >= 0.6 is 11.3 Å². The van der Waals surface area contributed by atoms with Crippen molar-refractivity contribution in [3.63, 3.8) is 0 Å². The van der Waals surface area contributed by atoms with E-state index in [2.05, 4.69) is 63.0 Å². The highest BCUT2D eigenvalue weighted by molar-refractivity contribution is 7.10. The summed E-state index contributed by atoms with van der Waals surface area (Å²) in [5.41, 5.74) is 2.70. The van der Waals surface area contributed by atoms with E-state index in [4.69, 9.17) is 4.74 Å². The van der Waals surface area contributed by atoms with Crippen LogP contribution in [-0.4, -0.2) is 46.4 Å². The predicted octanol–water partition coefficient (Wildman–Crippen LogP) is 4.38. The molecule has 2 aliphatic heterocycles. The number of aromatic nitrogens is 3. The first-order chi connectivity index (χ1) is 14.3. The van der Waals surface area contributed by atoms with Crippen LogP contribution in [0.3, 0.4) is 0 Å². The molecular formula is C23H26N4OS. The first kappa shape index (κ1) is 18.6. The fraction of sp³-hybridized carbons (Fsp3) is 0.391. The van der Waals surface area contributed by atoms with Crippen molar-refractivity contribution in [3.8, 4) is 5.75 Å². The van der Waals surface area contributed by atoms with E-state index in [1.165, 1.54) is 28.8 Å². The molecule has 0 saturated carbocycles. The van der Waals surface area contributed by atoms with Gasteiger partial charge in [-0.05, 0) is 79.1 Å². The van der Waals surface area contributed by atoms with Gasteiger partial charge in [0.1, 0.15) is 17.9 Å². The lowest BCUT2D eigenvalue weighted by Gasteiger charge is -2.35. The molecule has 0 aliphatic carbocycles. The highest BCUT2D eigenvalue weighted by Gasteiger charge is 2.34. The van der Waals surface area contributed by atoms with Crippen LogP contribution in [0.15, 0.2) is 42.0 Å². The number of likely N-dealkylation sites (tertiary alicyclic amines) is 1. The zero-order valence-electron chi connectivity index (χ0n) is 16.7. The van der Waals surface area contributed by atoms with E-state index in [9.17, 15) is 0 Å². The molecule has 3 aromatic rings. The molecule has 0 N–H and O–H groups in total. The molecule has 2 aromatic heterocycles. The maximum Gasteiger partial charge on any atom is 0.140 e. The third-order valence-corrected chi connectivity index (χ3v) is 7.28. The lowest BCUT2D eigenvalue weighted by atomic mass is 9.82. The zero-order valence-corrected chi connectivity index (χ0v) is 17.5. The van der Waals surface area contributed by atoms with Gasteiger partial charge in [-0.3, -0.25) is 0 Å². The molecule has 1 saturated heterocycles. The summed E-state index contributed by atoms with van der Waals surface area (Å²) in [6.45, 7) is 3.42. The molecule has 29 heavy (non-hydrogen) atoms.